The first-order valence-corrected chi connectivity index (χ1v) is 6.83. The molecule has 0 atom stereocenters. The maximum Gasteiger partial charge on any atom is 0.182 e. The smallest absolute Gasteiger partial charge is 0.182 e. The minimum Gasteiger partial charge on any atom is -0.352 e. The number of nitrogens with zero attached hydrogens (tertiary/aromatic N) is 4. The third kappa shape index (κ3) is 2.57. The zero-order chi connectivity index (χ0) is 12.3. The molecule has 2 aromatic rings. The van der Waals surface area contributed by atoms with E-state index in [1.54, 1.807) is 12.7 Å². The molecule has 0 radical (unpaired) electrons. The van der Waals surface area contributed by atoms with Crippen molar-refractivity contribution in [3.05, 3.63) is 12.7 Å². The Morgan fingerprint density at radius 3 is 2.88 bits per heavy atom. The van der Waals surface area contributed by atoms with Gasteiger partial charge in [0, 0.05) is 17.9 Å². The van der Waals surface area contributed by atoms with Crippen molar-refractivity contribution in [2.45, 2.75) is 26.3 Å². The van der Waals surface area contributed by atoms with Crippen molar-refractivity contribution >= 4 is 32.9 Å². The average Bonchev–Trinajstić information content (AvgIpc) is 2.77. The summed E-state index contributed by atoms with van der Waals surface area (Å²) in [5.41, 5.74) is 1.63. The summed E-state index contributed by atoms with van der Waals surface area (Å²) in [5.74, 6) is 0.934. The second-order valence-electron chi connectivity index (χ2n) is 4.13. The fourth-order valence-electron chi connectivity index (χ4n) is 1.81. The summed E-state index contributed by atoms with van der Waals surface area (Å²) in [6.07, 6.45) is 4.31. The molecule has 0 saturated heterocycles. The van der Waals surface area contributed by atoms with Gasteiger partial charge in [-0.15, -0.1) is 0 Å². The number of fused-ring (bicyclic) bond motifs is 1. The zero-order valence-corrected chi connectivity index (χ0v) is 11.6. The monoisotopic (exact) mass is 297 g/mol. The van der Waals surface area contributed by atoms with Gasteiger partial charge in [0.1, 0.15) is 11.8 Å². The summed E-state index contributed by atoms with van der Waals surface area (Å²) >= 11 is 3.46. The first-order chi connectivity index (χ1) is 8.24. The molecule has 0 fully saturated rings. The van der Waals surface area contributed by atoms with E-state index in [4.69, 9.17) is 0 Å². The summed E-state index contributed by atoms with van der Waals surface area (Å²) in [7, 11) is 0. The molecular weight excluding hydrogens is 282 g/mol. The van der Waals surface area contributed by atoms with Crippen LogP contribution in [0.1, 0.15) is 20.3 Å². The maximum absolute atomic E-state index is 4.38. The Balaban J connectivity index is 2.37. The van der Waals surface area contributed by atoms with Gasteiger partial charge in [-0.2, -0.15) is 0 Å². The van der Waals surface area contributed by atoms with Gasteiger partial charge >= 0.3 is 0 Å². The average molecular weight is 298 g/mol. The molecule has 0 saturated carbocycles. The molecule has 1 N–H and O–H groups in total. The van der Waals surface area contributed by atoms with Crippen molar-refractivity contribution in [2.75, 3.05) is 16.8 Å². The van der Waals surface area contributed by atoms with Crippen molar-refractivity contribution < 1.29 is 0 Å². The van der Waals surface area contributed by atoms with Gasteiger partial charge < -0.3 is 9.88 Å². The predicted molar refractivity (Wildman–Crippen MR) is 72.6 cm³/mol. The molecule has 92 valence electrons. The number of imidazole rings is 1. The number of rotatable bonds is 5. The third-order valence-corrected chi connectivity index (χ3v) is 3.19. The van der Waals surface area contributed by atoms with Crippen molar-refractivity contribution in [1.29, 1.82) is 0 Å². The molecule has 0 unspecified atom stereocenters. The quantitative estimate of drug-likeness (QED) is 0.861. The fraction of sp³-hybridized carbons (Fsp3) is 0.545. The Morgan fingerprint density at radius 2 is 2.18 bits per heavy atom. The van der Waals surface area contributed by atoms with Gasteiger partial charge in [-0.3, -0.25) is 0 Å². The molecular formula is C11H16BrN5. The summed E-state index contributed by atoms with van der Waals surface area (Å²) in [6.45, 7) is 5.30. The lowest BCUT2D eigenvalue weighted by molar-refractivity contribution is 0.666. The summed E-state index contributed by atoms with van der Waals surface area (Å²) in [4.78, 5) is 18.1. The largest absolute Gasteiger partial charge is 0.352 e. The van der Waals surface area contributed by atoms with Crippen LogP contribution in [-0.2, 0) is 0 Å². The maximum atomic E-state index is 4.38. The van der Waals surface area contributed by atoms with E-state index in [1.807, 2.05) is 0 Å². The van der Waals surface area contributed by atoms with E-state index >= 15 is 0 Å². The van der Waals surface area contributed by atoms with Gasteiger partial charge in [-0.25, -0.2) is 15.0 Å². The molecule has 0 aromatic carbocycles. The van der Waals surface area contributed by atoms with Crippen molar-refractivity contribution in [2.24, 2.45) is 0 Å². The standard InChI is InChI=1S/C11H16BrN5/c1-8(2)17(5-3-4-12)11-9-10(14-6-13-9)15-7-16-11/h6-8H,3-5H2,1-2H3,(H,13,14,15,16). The van der Waals surface area contributed by atoms with Crippen LogP contribution in [0.25, 0.3) is 11.2 Å². The lowest BCUT2D eigenvalue weighted by Gasteiger charge is -2.27. The lowest BCUT2D eigenvalue weighted by atomic mass is 10.3. The van der Waals surface area contributed by atoms with Crippen LogP contribution in [0.4, 0.5) is 5.82 Å². The van der Waals surface area contributed by atoms with Crippen LogP contribution in [-0.4, -0.2) is 37.9 Å². The molecule has 2 rings (SSSR count). The van der Waals surface area contributed by atoms with Crippen molar-refractivity contribution in [3.63, 3.8) is 0 Å². The third-order valence-electron chi connectivity index (χ3n) is 2.63. The zero-order valence-electron chi connectivity index (χ0n) is 10.0. The highest BCUT2D eigenvalue weighted by Crippen LogP contribution is 2.21. The van der Waals surface area contributed by atoms with E-state index in [-0.39, 0.29) is 0 Å². The number of alkyl halides is 1. The van der Waals surface area contributed by atoms with Crippen molar-refractivity contribution in [3.8, 4) is 0 Å². The molecule has 0 spiro atoms. The Kier molecular flexibility index (Phi) is 3.93. The molecule has 17 heavy (non-hydrogen) atoms. The Hall–Kier alpha value is -1.17. The molecule has 2 heterocycles. The minimum atomic E-state index is 0.399. The lowest BCUT2D eigenvalue weighted by Crippen LogP contribution is -2.33. The molecule has 0 bridgehead atoms. The second kappa shape index (κ2) is 5.44. The van der Waals surface area contributed by atoms with Gasteiger partial charge in [0.05, 0.1) is 6.33 Å². The summed E-state index contributed by atoms with van der Waals surface area (Å²) in [6, 6.07) is 0.399. The van der Waals surface area contributed by atoms with Gasteiger partial charge in [-0.05, 0) is 20.3 Å². The predicted octanol–water partition coefficient (Wildman–Crippen LogP) is 2.35. The fourth-order valence-corrected chi connectivity index (χ4v) is 2.06. The number of hydrogen-bond donors (Lipinski definition) is 1. The van der Waals surface area contributed by atoms with Crippen LogP contribution >= 0.6 is 15.9 Å². The number of halogens is 1. The van der Waals surface area contributed by atoms with Crippen LogP contribution in [0, 0.1) is 0 Å². The number of hydrogen-bond acceptors (Lipinski definition) is 4. The van der Waals surface area contributed by atoms with Gasteiger partial charge in [0.25, 0.3) is 0 Å². The normalized spacial score (nSPS) is 11.3. The molecule has 5 nitrogen and oxygen atoms in total. The van der Waals surface area contributed by atoms with Gasteiger partial charge in [0.2, 0.25) is 0 Å². The number of aromatic amines is 1. The number of aromatic nitrogens is 4. The molecule has 0 amide bonds. The van der Waals surface area contributed by atoms with Gasteiger partial charge in [-0.1, -0.05) is 15.9 Å². The highest BCUT2D eigenvalue weighted by Gasteiger charge is 2.16. The Labute approximate surface area is 109 Å². The molecule has 0 aliphatic carbocycles. The molecule has 0 aliphatic heterocycles. The van der Waals surface area contributed by atoms with Crippen LogP contribution in [0.15, 0.2) is 12.7 Å². The number of H-pyrrole nitrogens is 1. The highest BCUT2D eigenvalue weighted by molar-refractivity contribution is 9.09. The number of anilines is 1. The van der Waals surface area contributed by atoms with E-state index < -0.39 is 0 Å². The van der Waals surface area contributed by atoms with Crippen LogP contribution < -0.4 is 4.90 Å². The molecule has 2 aromatic heterocycles. The molecule has 6 heteroatoms. The van der Waals surface area contributed by atoms with E-state index in [0.717, 1.165) is 35.3 Å². The topological polar surface area (TPSA) is 57.7 Å². The first-order valence-electron chi connectivity index (χ1n) is 5.70. The number of nitrogens with one attached hydrogen (secondary N) is 1. The second-order valence-corrected chi connectivity index (χ2v) is 4.92. The highest BCUT2D eigenvalue weighted by atomic mass is 79.9. The van der Waals surface area contributed by atoms with E-state index in [1.165, 1.54) is 0 Å². The van der Waals surface area contributed by atoms with E-state index in [0.29, 0.717) is 6.04 Å². The Morgan fingerprint density at radius 1 is 1.35 bits per heavy atom. The summed E-state index contributed by atoms with van der Waals surface area (Å²) < 4.78 is 0. The Bertz CT molecular complexity index is 481. The summed E-state index contributed by atoms with van der Waals surface area (Å²) in [5, 5.41) is 0.993. The van der Waals surface area contributed by atoms with E-state index in [9.17, 15) is 0 Å². The van der Waals surface area contributed by atoms with Crippen molar-refractivity contribution in [1.82, 2.24) is 19.9 Å². The van der Waals surface area contributed by atoms with Crippen LogP contribution in [0.2, 0.25) is 0 Å². The van der Waals surface area contributed by atoms with Gasteiger partial charge in [0.15, 0.2) is 11.5 Å². The minimum absolute atomic E-state index is 0.399. The van der Waals surface area contributed by atoms with Crippen LogP contribution in [0.3, 0.4) is 0 Å². The van der Waals surface area contributed by atoms with E-state index in [2.05, 4.69) is 54.6 Å². The first kappa shape index (κ1) is 12.3. The SMILES string of the molecule is CC(C)N(CCCBr)c1ncnc2nc[nH]c12. The van der Waals surface area contributed by atoms with Crippen LogP contribution in [0.5, 0.6) is 0 Å². The molecule has 0 aliphatic rings.